The maximum absolute atomic E-state index is 12.3. The summed E-state index contributed by atoms with van der Waals surface area (Å²) in [5, 5.41) is 20.8. The predicted octanol–water partition coefficient (Wildman–Crippen LogP) is 4.82. The summed E-state index contributed by atoms with van der Waals surface area (Å²) >= 11 is 0. The number of carbonyl (C=O) groups is 5. The molecule has 1 aliphatic carbocycles. The predicted molar refractivity (Wildman–Crippen MR) is 206 cm³/mol. The first kappa shape index (κ1) is 49.5. The highest BCUT2D eigenvalue weighted by Gasteiger charge is 2.33. The fourth-order valence-corrected chi connectivity index (χ4v) is 5.43. The van der Waals surface area contributed by atoms with Crippen LogP contribution in [0.1, 0.15) is 124 Å². The third-order valence-corrected chi connectivity index (χ3v) is 7.77. The number of aliphatic hydroxyl groups is 1. The van der Waals surface area contributed by atoms with Crippen molar-refractivity contribution in [3.8, 4) is 0 Å². The van der Waals surface area contributed by atoms with E-state index in [1.807, 2.05) is 46.6 Å². The smallest absolute Gasteiger partial charge is 0.270 e. The van der Waals surface area contributed by atoms with Gasteiger partial charge in [-0.1, -0.05) is 93.2 Å². The number of hydrogen-bond donors (Lipinski definition) is 5. The molecule has 1 aromatic heterocycles. The number of aromatic nitrogens is 1. The van der Waals surface area contributed by atoms with Crippen LogP contribution in [0.4, 0.5) is 0 Å². The summed E-state index contributed by atoms with van der Waals surface area (Å²) in [7, 11) is 1.92. The lowest BCUT2D eigenvalue weighted by Crippen LogP contribution is -2.54. The van der Waals surface area contributed by atoms with Gasteiger partial charge < -0.3 is 31.2 Å². The van der Waals surface area contributed by atoms with Crippen molar-refractivity contribution in [2.75, 3.05) is 26.7 Å². The van der Waals surface area contributed by atoms with Crippen LogP contribution in [0.15, 0.2) is 37.1 Å². The van der Waals surface area contributed by atoms with Crippen LogP contribution in [0.25, 0.3) is 0 Å². The summed E-state index contributed by atoms with van der Waals surface area (Å²) in [6.45, 7) is 21.1. The van der Waals surface area contributed by atoms with Gasteiger partial charge in [-0.25, -0.2) is 0 Å². The SMILES string of the molecule is C=CCNC(=O)C(O)C(CCC)NC(=O)C1CCCN1C.CC.CC.CC(C)C.O=CCNC(=O)C(NC(=O)c1ccccn1)C1CCCCC1. The summed E-state index contributed by atoms with van der Waals surface area (Å²) in [6, 6.07) is 3.73. The van der Waals surface area contributed by atoms with Gasteiger partial charge in [0, 0.05) is 12.7 Å². The van der Waals surface area contributed by atoms with Gasteiger partial charge in [0.1, 0.15) is 18.0 Å². The van der Waals surface area contributed by atoms with Gasteiger partial charge in [-0.3, -0.25) is 29.1 Å². The van der Waals surface area contributed by atoms with Crippen LogP contribution in [0.2, 0.25) is 0 Å². The van der Waals surface area contributed by atoms with Crippen molar-refractivity contribution in [1.29, 1.82) is 0 Å². The van der Waals surface area contributed by atoms with Crippen LogP contribution in [-0.2, 0) is 19.2 Å². The molecule has 0 radical (unpaired) electrons. The average molecular weight is 719 g/mol. The minimum absolute atomic E-state index is 0.0402. The first-order valence-corrected chi connectivity index (χ1v) is 19.0. The first-order chi connectivity index (χ1) is 24.5. The lowest BCUT2D eigenvalue weighted by molar-refractivity contribution is -0.133. The van der Waals surface area contributed by atoms with Gasteiger partial charge in [-0.2, -0.15) is 0 Å². The van der Waals surface area contributed by atoms with Crippen molar-refractivity contribution in [2.45, 2.75) is 137 Å². The Morgan fingerprint density at radius 3 is 2.04 bits per heavy atom. The highest BCUT2D eigenvalue weighted by Crippen LogP contribution is 2.27. The molecular formula is C39H70N6O6. The zero-order chi connectivity index (χ0) is 39.2. The Morgan fingerprint density at radius 1 is 0.941 bits per heavy atom. The molecular weight excluding hydrogens is 648 g/mol. The van der Waals surface area contributed by atoms with E-state index in [2.05, 4.69) is 53.6 Å². The van der Waals surface area contributed by atoms with Crippen LogP contribution < -0.4 is 21.3 Å². The van der Waals surface area contributed by atoms with Gasteiger partial charge in [0.2, 0.25) is 11.8 Å². The molecule has 4 amide bonds. The number of hydrogen-bond acceptors (Lipinski definition) is 8. The minimum atomic E-state index is -1.24. The lowest BCUT2D eigenvalue weighted by Gasteiger charge is -2.29. The number of aldehydes is 1. The number of nitrogens with zero attached hydrogens (tertiary/aromatic N) is 2. The molecule has 0 bridgehead atoms. The maximum Gasteiger partial charge on any atom is 0.270 e. The Labute approximate surface area is 308 Å². The van der Waals surface area contributed by atoms with Gasteiger partial charge in [0.05, 0.1) is 18.6 Å². The van der Waals surface area contributed by atoms with E-state index in [0.29, 0.717) is 19.3 Å². The van der Waals surface area contributed by atoms with E-state index in [1.165, 1.54) is 6.20 Å². The van der Waals surface area contributed by atoms with Crippen molar-refractivity contribution in [1.82, 2.24) is 31.2 Å². The monoisotopic (exact) mass is 719 g/mol. The number of likely N-dealkylation sites (tertiary alicyclic amines) is 1. The second-order valence-electron chi connectivity index (χ2n) is 12.7. The largest absolute Gasteiger partial charge is 0.381 e. The van der Waals surface area contributed by atoms with Crippen molar-refractivity contribution < 1.29 is 29.1 Å². The number of carbonyl (C=O) groups excluding carboxylic acids is 5. The molecule has 2 fully saturated rings. The average Bonchev–Trinajstić information content (AvgIpc) is 3.59. The molecule has 5 N–H and O–H groups in total. The molecule has 51 heavy (non-hydrogen) atoms. The molecule has 2 heterocycles. The van der Waals surface area contributed by atoms with E-state index in [0.717, 1.165) is 63.8 Å². The molecule has 1 aliphatic heterocycles. The standard InChI is InChI=1S/C16H21N3O3.C15H27N3O3.C4H10.2C2H6/c20-11-10-18-16(22)14(12-6-2-1-3-7-12)19-15(21)13-8-4-5-9-17-13;1-4-7-11(13(19)15(21)16-9-5-2)17-14(20)12-8-6-10-18(12)3;1-4(2)3;2*1-2/h4-5,8-9,11-12,14H,1-3,6-7,10H2,(H,18,22)(H,19,21);5,11-13,19H,2,4,6-10H2,1,3H3,(H,16,21)(H,17,20);4H,1-3H3;2*1-2H3. The van der Waals surface area contributed by atoms with Crippen LogP contribution in [0, 0.1) is 11.8 Å². The molecule has 0 spiro atoms. The Morgan fingerprint density at radius 2 is 1.55 bits per heavy atom. The summed E-state index contributed by atoms with van der Waals surface area (Å²) in [4.78, 5) is 65.0. The number of likely N-dealkylation sites (N-methyl/N-ethyl adjacent to an activating group) is 1. The fraction of sp³-hybridized carbons (Fsp3) is 0.692. The topological polar surface area (TPSA) is 170 Å². The number of pyridine rings is 1. The normalized spacial score (nSPS) is 17.0. The lowest BCUT2D eigenvalue weighted by atomic mass is 9.83. The highest BCUT2D eigenvalue weighted by atomic mass is 16.3. The van der Waals surface area contributed by atoms with Crippen LogP contribution in [0.3, 0.4) is 0 Å². The summed E-state index contributed by atoms with van der Waals surface area (Å²) < 4.78 is 0. The van der Waals surface area contributed by atoms with Crippen LogP contribution >= 0.6 is 0 Å². The Bertz CT molecular complexity index is 1090. The summed E-state index contributed by atoms with van der Waals surface area (Å²) in [5.74, 6) is -0.314. The fourth-order valence-electron chi connectivity index (χ4n) is 5.43. The number of aliphatic hydroxyl groups excluding tert-OH is 1. The molecule has 1 aromatic rings. The zero-order valence-corrected chi connectivity index (χ0v) is 33.0. The zero-order valence-electron chi connectivity index (χ0n) is 33.0. The molecule has 4 unspecified atom stereocenters. The Hall–Kier alpha value is -3.64. The van der Waals surface area contributed by atoms with Crippen molar-refractivity contribution in [3.63, 3.8) is 0 Å². The molecule has 3 rings (SSSR count). The molecule has 1 saturated heterocycles. The second-order valence-corrected chi connectivity index (χ2v) is 12.7. The molecule has 292 valence electrons. The van der Waals surface area contributed by atoms with Crippen LogP contribution in [0.5, 0.6) is 0 Å². The van der Waals surface area contributed by atoms with Gasteiger partial charge in [0.15, 0.2) is 6.10 Å². The van der Waals surface area contributed by atoms with Crippen molar-refractivity contribution in [2.24, 2.45) is 11.8 Å². The van der Waals surface area contributed by atoms with E-state index in [4.69, 9.17) is 0 Å². The molecule has 0 aromatic carbocycles. The van der Waals surface area contributed by atoms with E-state index in [-0.39, 0.29) is 41.9 Å². The Balaban J connectivity index is 0. The second kappa shape index (κ2) is 31.1. The molecule has 4 atom stereocenters. The van der Waals surface area contributed by atoms with E-state index in [9.17, 15) is 29.1 Å². The van der Waals surface area contributed by atoms with Gasteiger partial charge in [0.25, 0.3) is 11.8 Å². The van der Waals surface area contributed by atoms with Gasteiger partial charge in [-0.15, -0.1) is 6.58 Å². The Kier molecular flexibility index (Phi) is 30.2. The van der Waals surface area contributed by atoms with Gasteiger partial charge in [-0.05, 0) is 69.7 Å². The highest BCUT2D eigenvalue weighted by molar-refractivity contribution is 5.96. The first-order valence-electron chi connectivity index (χ1n) is 19.0. The molecule has 1 saturated carbocycles. The third-order valence-electron chi connectivity index (χ3n) is 7.77. The van der Waals surface area contributed by atoms with E-state index < -0.39 is 24.1 Å². The maximum atomic E-state index is 12.3. The molecule has 2 aliphatic rings. The third kappa shape index (κ3) is 21.4. The van der Waals surface area contributed by atoms with E-state index >= 15 is 0 Å². The van der Waals surface area contributed by atoms with Crippen molar-refractivity contribution >= 4 is 29.9 Å². The van der Waals surface area contributed by atoms with Gasteiger partial charge >= 0.3 is 0 Å². The number of rotatable bonds is 14. The minimum Gasteiger partial charge on any atom is -0.381 e. The number of amides is 4. The quantitative estimate of drug-likeness (QED) is 0.135. The van der Waals surface area contributed by atoms with Crippen LogP contribution in [-0.4, -0.2) is 95.8 Å². The number of nitrogens with one attached hydrogen (secondary N) is 4. The molecule has 12 nitrogen and oxygen atoms in total. The van der Waals surface area contributed by atoms with Crippen molar-refractivity contribution in [3.05, 3.63) is 42.7 Å². The van der Waals surface area contributed by atoms with E-state index in [1.54, 1.807) is 24.3 Å². The summed E-state index contributed by atoms with van der Waals surface area (Å²) in [5.41, 5.74) is 0.284. The summed E-state index contributed by atoms with van der Waals surface area (Å²) in [6.07, 6.45) is 10.7. The molecule has 12 heteroatoms.